The summed E-state index contributed by atoms with van der Waals surface area (Å²) in [5.41, 5.74) is 0.966. The largest absolute Gasteiger partial charge is 0.490 e. The van der Waals surface area contributed by atoms with Crippen LogP contribution >= 0.6 is 0 Å². The van der Waals surface area contributed by atoms with Crippen LogP contribution < -0.4 is 15.4 Å². The van der Waals surface area contributed by atoms with Crippen LogP contribution in [0.5, 0.6) is 5.75 Å². The summed E-state index contributed by atoms with van der Waals surface area (Å²) in [6.07, 6.45) is 3.00. The first kappa shape index (κ1) is 16.3. The number of nitrogens with one attached hydrogen (secondary N) is 2. The summed E-state index contributed by atoms with van der Waals surface area (Å²) in [7, 11) is 1.55. The summed E-state index contributed by atoms with van der Waals surface area (Å²) >= 11 is 0. The summed E-state index contributed by atoms with van der Waals surface area (Å²) in [4.78, 5) is 23.7. The molecule has 2 amide bonds. The topological polar surface area (TPSA) is 70.7 Å². The lowest BCUT2D eigenvalue weighted by atomic mass is 10.1. The zero-order valence-corrected chi connectivity index (χ0v) is 12.9. The van der Waals surface area contributed by atoms with Crippen LogP contribution in [-0.4, -0.2) is 50.0 Å². The van der Waals surface area contributed by atoms with E-state index in [0.717, 1.165) is 37.2 Å². The number of carbonyl (C=O) groups excluding carboxylic acids is 2. The smallest absolute Gasteiger partial charge is 0.239 e. The van der Waals surface area contributed by atoms with Gasteiger partial charge in [-0.3, -0.25) is 9.59 Å². The normalized spacial score (nSPS) is 15.1. The molecule has 6 nitrogen and oxygen atoms in total. The molecule has 6 heteroatoms. The van der Waals surface area contributed by atoms with Crippen molar-refractivity contribution < 1.29 is 14.3 Å². The predicted molar refractivity (Wildman–Crippen MR) is 83.5 cm³/mol. The lowest BCUT2D eigenvalue weighted by Gasteiger charge is -2.24. The molecule has 1 aliphatic heterocycles. The highest BCUT2D eigenvalue weighted by Crippen LogP contribution is 2.18. The lowest BCUT2D eigenvalue weighted by molar-refractivity contribution is -0.128. The zero-order chi connectivity index (χ0) is 15.8. The van der Waals surface area contributed by atoms with Crippen LogP contribution in [0.2, 0.25) is 0 Å². The van der Waals surface area contributed by atoms with Crippen LogP contribution in [0.3, 0.4) is 0 Å². The van der Waals surface area contributed by atoms with Crippen LogP contribution in [0.1, 0.15) is 18.4 Å². The number of carbonyl (C=O) groups is 2. The Bertz CT molecular complexity index is 484. The van der Waals surface area contributed by atoms with Crippen molar-refractivity contribution >= 4 is 12.3 Å². The molecule has 0 saturated carbocycles. The number of hydrogen-bond donors (Lipinski definition) is 2. The van der Waals surface area contributed by atoms with Crippen molar-refractivity contribution in [3.8, 4) is 5.75 Å². The van der Waals surface area contributed by atoms with Crippen molar-refractivity contribution in [3.63, 3.8) is 0 Å². The summed E-state index contributed by atoms with van der Waals surface area (Å²) in [5.74, 6) is 0.664. The number of piperidine rings is 1. The van der Waals surface area contributed by atoms with Gasteiger partial charge in [-0.2, -0.15) is 0 Å². The molecule has 1 fully saturated rings. The minimum absolute atomic E-state index is 0.0628. The van der Waals surface area contributed by atoms with E-state index in [0.29, 0.717) is 13.0 Å². The molecular formula is C16H23N3O3. The molecule has 1 aromatic rings. The minimum Gasteiger partial charge on any atom is -0.490 e. The van der Waals surface area contributed by atoms with Crippen molar-refractivity contribution in [2.24, 2.45) is 0 Å². The van der Waals surface area contributed by atoms with Gasteiger partial charge in [0.1, 0.15) is 11.9 Å². The van der Waals surface area contributed by atoms with Gasteiger partial charge in [-0.05, 0) is 43.6 Å². The van der Waals surface area contributed by atoms with Crippen molar-refractivity contribution in [2.45, 2.75) is 25.5 Å². The Morgan fingerprint density at radius 3 is 2.64 bits per heavy atom. The maximum Gasteiger partial charge on any atom is 0.239 e. The third kappa shape index (κ3) is 5.04. The van der Waals surface area contributed by atoms with Crippen molar-refractivity contribution in [2.75, 3.05) is 26.7 Å². The fourth-order valence-electron chi connectivity index (χ4n) is 2.41. The number of hydrogen-bond acceptors (Lipinski definition) is 4. The van der Waals surface area contributed by atoms with Crippen molar-refractivity contribution in [3.05, 3.63) is 29.8 Å². The third-order valence-corrected chi connectivity index (χ3v) is 3.67. The van der Waals surface area contributed by atoms with E-state index in [9.17, 15) is 9.59 Å². The van der Waals surface area contributed by atoms with Crippen LogP contribution in [0.15, 0.2) is 24.3 Å². The Morgan fingerprint density at radius 2 is 2.05 bits per heavy atom. The molecule has 1 aliphatic rings. The van der Waals surface area contributed by atoms with E-state index < -0.39 is 0 Å². The molecule has 1 heterocycles. The molecule has 0 aliphatic carbocycles. The first-order chi connectivity index (χ1) is 10.7. The maximum atomic E-state index is 11.3. The molecule has 0 aromatic heterocycles. The van der Waals surface area contributed by atoms with Gasteiger partial charge in [-0.1, -0.05) is 12.1 Å². The van der Waals surface area contributed by atoms with E-state index in [4.69, 9.17) is 4.74 Å². The number of nitrogens with zero attached hydrogens (tertiary/aromatic N) is 1. The Kier molecular flexibility index (Phi) is 6.21. The zero-order valence-electron chi connectivity index (χ0n) is 12.9. The fourth-order valence-corrected chi connectivity index (χ4v) is 2.41. The number of amides is 2. The Labute approximate surface area is 130 Å². The Balaban J connectivity index is 1.87. The van der Waals surface area contributed by atoms with E-state index in [1.165, 1.54) is 4.90 Å². The highest BCUT2D eigenvalue weighted by Gasteiger charge is 2.14. The molecule has 1 aromatic carbocycles. The van der Waals surface area contributed by atoms with E-state index in [1.807, 2.05) is 24.3 Å². The van der Waals surface area contributed by atoms with Gasteiger partial charge in [-0.15, -0.1) is 0 Å². The fraction of sp³-hybridized carbons (Fsp3) is 0.500. The van der Waals surface area contributed by atoms with Crippen LogP contribution in [0.4, 0.5) is 0 Å². The average Bonchev–Trinajstić information content (AvgIpc) is 2.56. The molecule has 1 saturated heterocycles. The maximum absolute atomic E-state index is 11.3. The third-order valence-electron chi connectivity index (χ3n) is 3.67. The van der Waals surface area contributed by atoms with E-state index >= 15 is 0 Å². The van der Waals surface area contributed by atoms with Gasteiger partial charge < -0.3 is 20.3 Å². The first-order valence-electron chi connectivity index (χ1n) is 7.57. The van der Waals surface area contributed by atoms with Crippen LogP contribution in [-0.2, 0) is 16.1 Å². The molecule has 0 radical (unpaired) electrons. The standard InChI is InChI=1S/C16H23N3O3/c1-17-16(21)11-19(12-20)10-13-2-4-14(5-3-13)22-15-6-8-18-9-7-15/h2-5,12,15,18H,6-11H2,1H3,(H,17,21). The molecular weight excluding hydrogens is 282 g/mol. The SMILES string of the molecule is CNC(=O)CN(C=O)Cc1ccc(OC2CCNCC2)cc1. The van der Waals surface area contributed by atoms with Crippen molar-refractivity contribution in [1.82, 2.24) is 15.5 Å². The Morgan fingerprint density at radius 1 is 1.36 bits per heavy atom. The van der Waals surface area contributed by atoms with E-state index in [1.54, 1.807) is 7.05 Å². The molecule has 2 rings (SSSR count). The van der Waals surface area contributed by atoms with E-state index in [2.05, 4.69) is 10.6 Å². The summed E-state index contributed by atoms with van der Waals surface area (Å²) in [6.45, 7) is 2.46. The first-order valence-corrected chi connectivity index (χ1v) is 7.57. The molecule has 22 heavy (non-hydrogen) atoms. The quantitative estimate of drug-likeness (QED) is 0.721. The highest BCUT2D eigenvalue weighted by atomic mass is 16.5. The van der Waals surface area contributed by atoms with Gasteiger partial charge in [0.25, 0.3) is 0 Å². The molecule has 0 spiro atoms. The number of likely N-dealkylation sites (N-methyl/N-ethyl adjacent to an activating group) is 1. The summed E-state index contributed by atoms with van der Waals surface area (Å²) in [5, 5.41) is 5.81. The number of rotatable bonds is 7. The number of ether oxygens (including phenoxy) is 1. The average molecular weight is 305 g/mol. The van der Waals surface area contributed by atoms with Crippen LogP contribution in [0, 0.1) is 0 Å². The molecule has 0 unspecified atom stereocenters. The second kappa shape index (κ2) is 8.38. The van der Waals surface area contributed by atoms with Gasteiger partial charge >= 0.3 is 0 Å². The van der Waals surface area contributed by atoms with Crippen molar-refractivity contribution in [1.29, 1.82) is 0 Å². The van der Waals surface area contributed by atoms with Crippen LogP contribution in [0.25, 0.3) is 0 Å². The second-order valence-electron chi connectivity index (χ2n) is 5.39. The lowest BCUT2D eigenvalue weighted by Crippen LogP contribution is -2.34. The van der Waals surface area contributed by atoms with Gasteiger partial charge in [-0.25, -0.2) is 0 Å². The monoisotopic (exact) mass is 305 g/mol. The molecule has 2 N–H and O–H groups in total. The van der Waals surface area contributed by atoms with E-state index in [-0.39, 0.29) is 18.6 Å². The van der Waals surface area contributed by atoms with Gasteiger partial charge in [0.15, 0.2) is 0 Å². The van der Waals surface area contributed by atoms with Gasteiger partial charge in [0.05, 0.1) is 6.54 Å². The van der Waals surface area contributed by atoms with Gasteiger partial charge in [0.2, 0.25) is 12.3 Å². The number of benzene rings is 1. The summed E-state index contributed by atoms with van der Waals surface area (Å²) < 4.78 is 5.94. The minimum atomic E-state index is -0.182. The Hall–Kier alpha value is -2.08. The highest BCUT2D eigenvalue weighted by molar-refractivity contribution is 5.79. The second-order valence-corrected chi connectivity index (χ2v) is 5.39. The molecule has 120 valence electrons. The summed E-state index contributed by atoms with van der Waals surface area (Å²) in [6, 6.07) is 7.69. The molecule has 0 bridgehead atoms. The van der Waals surface area contributed by atoms with Gasteiger partial charge in [0, 0.05) is 13.6 Å². The predicted octanol–water partition coefficient (Wildman–Crippen LogP) is 0.522. The molecule has 0 atom stereocenters.